The van der Waals surface area contributed by atoms with Gasteiger partial charge in [-0.1, -0.05) is 74.5 Å². The molecule has 3 rings (SSSR count). The molecule has 0 saturated heterocycles. The lowest BCUT2D eigenvalue weighted by Crippen LogP contribution is -2.43. The van der Waals surface area contributed by atoms with Crippen molar-refractivity contribution in [2.75, 3.05) is 6.54 Å². The van der Waals surface area contributed by atoms with Crippen LogP contribution < -0.4 is 10.6 Å². The maximum absolute atomic E-state index is 12.9. The quantitative estimate of drug-likeness (QED) is 0.321. The summed E-state index contributed by atoms with van der Waals surface area (Å²) >= 11 is 0. The maximum atomic E-state index is 12.9. The molecule has 3 N–H and O–H groups in total. The fourth-order valence-electron chi connectivity index (χ4n) is 3.41. The van der Waals surface area contributed by atoms with E-state index in [0.717, 1.165) is 11.1 Å². The number of hydrogen-bond acceptors (Lipinski definition) is 7. The largest absolute Gasteiger partial charge is 0.460 e. The monoisotopic (exact) mass is 506 g/mol. The second-order valence-electron chi connectivity index (χ2n) is 8.70. The molecule has 0 spiro atoms. The van der Waals surface area contributed by atoms with E-state index in [1.807, 2.05) is 74.5 Å². The molecule has 37 heavy (non-hydrogen) atoms. The molecule has 3 aromatic rings. The van der Waals surface area contributed by atoms with Crippen LogP contribution in [0.1, 0.15) is 52.4 Å². The topological polar surface area (TPSA) is 139 Å². The molecule has 194 valence electrons. The van der Waals surface area contributed by atoms with Crippen LogP contribution in [0, 0.1) is 5.92 Å². The van der Waals surface area contributed by atoms with Crippen molar-refractivity contribution in [3.05, 3.63) is 89.5 Å². The Morgan fingerprint density at radius 2 is 1.46 bits per heavy atom. The molecule has 1 heterocycles. The number of rotatable bonds is 12. The zero-order valence-corrected chi connectivity index (χ0v) is 20.7. The van der Waals surface area contributed by atoms with Crippen LogP contribution in [0.2, 0.25) is 0 Å². The molecule has 0 aliphatic carbocycles. The lowest BCUT2D eigenvalue weighted by Gasteiger charge is -2.19. The van der Waals surface area contributed by atoms with Crippen LogP contribution in [0.15, 0.2) is 67.0 Å². The van der Waals surface area contributed by atoms with Gasteiger partial charge in [-0.3, -0.25) is 14.4 Å². The Morgan fingerprint density at radius 1 is 0.865 bits per heavy atom. The molecular weight excluding hydrogens is 476 g/mol. The Kier molecular flexibility index (Phi) is 9.95. The number of esters is 2. The Hall–Kier alpha value is -4.47. The van der Waals surface area contributed by atoms with E-state index in [-0.39, 0.29) is 30.5 Å². The van der Waals surface area contributed by atoms with Gasteiger partial charge in [0.15, 0.2) is 5.69 Å². The highest BCUT2D eigenvalue weighted by atomic mass is 16.5. The van der Waals surface area contributed by atoms with Crippen molar-refractivity contribution in [3.63, 3.8) is 0 Å². The Bertz CT molecular complexity index is 1190. The van der Waals surface area contributed by atoms with Gasteiger partial charge >= 0.3 is 11.9 Å². The molecule has 0 aliphatic heterocycles. The molecule has 1 aromatic heterocycles. The molecular formula is C27H30N4O6. The average Bonchev–Trinajstić information content (AvgIpc) is 3.40. The maximum Gasteiger partial charge on any atom is 0.328 e. The smallest absolute Gasteiger partial charge is 0.328 e. The van der Waals surface area contributed by atoms with Crippen LogP contribution in [0.4, 0.5) is 0 Å². The van der Waals surface area contributed by atoms with Crippen molar-refractivity contribution in [1.29, 1.82) is 0 Å². The van der Waals surface area contributed by atoms with Gasteiger partial charge in [0.25, 0.3) is 11.8 Å². The lowest BCUT2D eigenvalue weighted by atomic mass is 10.0. The van der Waals surface area contributed by atoms with Crippen molar-refractivity contribution in [1.82, 2.24) is 20.6 Å². The summed E-state index contributed by atoms with van der Waals surface area (Å²) in [5, 5.41) is 5.02. The zero-order valence-electron chi connectivity index (χ0n) is 20.7. The van der Waals surface area contributed by atoms with Crippen LogP contribution in [0.5, 0.6) is 0 Å². The normalized spacial score (nSPS) is 11.4. The van der Waals surface area contributed by atoms with Gasteiger partial charge in [-0.15, -0.1) is 0 Å². The number of nitrogens with one attached hydrogen (secondary N) is 3. The van der Waals surface area contributed by atoms with E-state index in [1.54, 1.807) is 0 Å². The number of benzene rings is 2. The summed E-state index contributed by atoms with van der Waals surface area (Å²) in [6.07, 6.45) is 1.52. The summed E-state index contributed by atoms with van der Waals surface area (Å²) in [5.41, 5.74) is 1.28. The number of H-pyrrole nitrogens is 1. The summed E-state index contributed by atoms with van der Waals surface area (Å²) in [5.74, 6) is -2.58. The highest BCUT2D eigenvalue weighted by Gasteiger charge is 2.28. The molecule has 0 bridgehead atoms. The molecule has 0 aliphatic rings. The van der Waals surface area contributed by atoms with Gasteiger partial charge in [-0.2, -0.15) is 0 Å². The van der Waals surface area contributed by atoms with Gasteiger partial charge in [0.05, 0.1) is 6.33 Å². The summed E-state index contributed by atoms with van der Waals surface area (Å²) < 4.78 is 10.5. The van der Waals surface area contributed by atoms with Crippen molar-refractivity contribution < 1.29 is 28.7 Å². The molecule has 0 fully saturated rings. The molecule has 10 nitrogen and oxygen atoms in total. The Morgan fingerprint density at radius 3 is 2.05 bits per heavy atom. The van der Waals surface area contributed by atoms with E-state index in [4.69, 9.17) is 9.47 Å². The van der Waals surface area contributed by atoms with Gasteiger partial charge in [0.2, 0.25) is 0 Å². The number of nitrogens with zero attached hydrogens (tertiary/aromatic N) is 1. The minimum absolute atomic E-state index is 0.0700. The van der Waals surface area contributed by atoms with E-state index in [0.29, 0.717) is 6.42 Å². The molecule has 0 unspecified atom stereocenters. The van der Waals surface area contributed by atoms with Gasteiger partial charge < -0.3 is 25.1 Å². The molecule has 2 aromatic carbocycles. The van der Waals surface area contributed by atoms with Crippen molar-refractivity contribution in [2.24, 2.45) is 5.92 Å². The Labute approximate surface area is 214 Å². The first-order chi connectivity index (χ1) is 17.8. The minimum atomic E-state index is -0.934. The lowest BCUT2D eigenvalue weighted by molar-refractivity contribution is -0.147. The fraction of sp³-hybridized carbons (Fsp3) is 0.296. The molecule has 2 amide bonds. The number of carbonyl (C=O) groups excluding carboxylic acids is 4. The fourth-order valence-corrected chi connectivity index (χ4v) is 3.41. The van der Waals surface area contributed by atoms with Crippen LogP contribution in [-0.2, 0) is 32.3 Å². The average molecular weight is 507 g/mol. The van der Waals surface area contributed by atoms with Gasteiger partial charge in [0, 0.05) is 0 Å². The van der Waals surface area contributed by atoms with E-state index in [2.05, 4.69) is 20.6 Å². The highest BCUT2D eigenvalue weighted by molar-refractivity contribution is 6.06. The predicted octanol–water partition coefficient (Wildman–Crippen LogP) is 2.77. The van der Waals surface area contributed by atoms with Crippen LogP contribution in [0.3, 0.4) is 0 Å². The van der Waals surface area contributed by atoms with E-state index >= 15 is 0 Å². The number of ether oxygens (including phenoxy) is 2. The Balaban J connectivity index is 1.56. The summed E-state index contributed by atoms with van der Waals surface area (Å²) in [7, 11) is 0. The molecule has 10 heteroatoms. The van der Waals surface area contributed by atoms with Gasteiger partial charge in [-0.25, -0.2) is 9.78 Å². The number of hydrogen-bond donors (Lipinski definition) is 3. The van der Waals surface area contributed by atoms with Crippen molar-refractivity contribution in [2.45, 2.75) is 39.5 Å². The third-order valence-electron chi connectivity index (χ3n) is 5.24. The number of aromatic nitrogens is 2. The van der Waals surface area contributed by atoms with E-state index in [1.165, 1.54) is 6.33 Å². The van der Waals surface area contributed by atoms with E-state index in [9.17, 15) is 19.2 Å². The first-order valence-electron chi connectivity index (χ1n) is 11.9. The SMILES string of the molecule is CC(C)C[C@H](NC(=O)c1nc[nH]c1C(=O)NCC(=O)OCc1ccccc1)C(=O)OCc1ccccc1. The second kappa shape index (κ2) is 13.6. The van der Waals surface area contributed by atoms with Crippen LogP contribution in [0.25, 0.3) is 0 Å². The molecule has 1 atom stereocenters. The third kappa shape index (κ3) is 8.60. The predicted molar refractivity (Wildman–Crippen MR) is 134 cm³/mol. The third-order valence-corrected chi connectivity index (χ3v) is 5.24. The first kappa shape index (κ1) is 27.1. The first-order valence-corrected chi connectivity index (χ1v) is 11.9. The summed E-state index contributed by atoms with van der Waals surface area (Å²) in [4.78, 5) is 56.8. The number of aromatic amines is 1. The second-order valence-corrected chi connectivity index (χ2v) is 8.70. The minimum Gasteiger partial charge on any atom is -0.460 e. The van der Waals surface area contributed by atoms with Crippen molar-refractivity contribution in [3.8, 4) is 0 Å². The van der Waals surface area contributed by atoms with Gasteiger partial charge in [0.1, 0.15) is 31.5 Å². The summed E-state index contributed by atoms with van der Waals surface area (Å²) in [6.45, 7) is 3.57. The number of imidazole rings is 1. The standard InChI is InChI=1S/C27H30N4O6/c1-18(2)13-21(27(35)37-16-20-11-7-4-8-12-20)31-26(34)24-23(29-17-30-24)25(33)28-14-22(32)36-15-19-9-5-3-6-10-19/h3-12,17-18,21H,13-16H2,1-2H3,(H,28,33)(H,29,30)(H,31,34)/t21-/m0/s1. The van der Waals surface area contributed by atoms with Crippen LogP contribution >= 0.6 is 0 Å². The number of amides is 2. The molecule has 0 saturated carbocycles. The molecule has 0 radical (unpaired) electrons. The van der Waals surface area contributed by atoms with Crippen LogP contribution in [-0.4, -0.2) is 46.3 Å². The van der Waals surface area contributed by atoms with Gasteiger partial charge in [-0.05, 0) is 23.5 Å². The highest BCUT2D eigenvalue weighted by Crippen LogP contribution is 2.11. The zero-order chi connectivity index (χ0) is 26.6. The number of carbonyl (C=O) groups is 4. The van der Waals surface area contributed by atoms with Crippen molar-refractivity contribution >= 4 is 23.8 Å². The summed E-state index contributed by atoms with van der Waals surface area (Å²) in [6, 6.07) is 17.4. The van der Waals surface area contributed by atoms with E-state index < -0.39 is 36.3 Å².